The first-order valence-electron chi connectivity index (χ1n) is 6.12. The Labute approximate surface area is 98.4 Å². The molecule has 2 heteroatoms. The quantitative estimate of drug-likeness (QED) is 0.795. The average Bonchev–Trinajstić information content (AvgIpc) is 2.25. The van der Waals surface area contributed by atoms with Crippen molar-refractivity contribution >= 4 is 0 Å². The number of hydrogen-bond donors (Lipinski definition) is 2. The van der Waals surface area contributed by atoms with Crippen LogP contribution < -0.4 is 10.6 Å². The van der Waals surface area contributed by atoms with E-state index in [4.69, 9.17) is 0 Å². The molecule has 0 spiro atoms. The summed E-state index contributed by atoms with van der Waals surface area (Å²) in [4.78, 5) is 0. The third-order valence-electron chi connectivity index (χ3n) is 3.05. The average molecular weight is 218 g/mol. The van der Waals surface area contributed by atoms with Crippen molar-refractivity contribution in [3.05, 3.63) is 35.4 Å². The molecule has 0 fully saturated rings. The Morgan fingerprint density at radius 2 is 2.06 bits per heavy atom. The molecule has 1 heterocycles. The summed E-state index contributed by atoms with van der Waals surface area (Å²) in [7, 11) is 0. The molecule has 0 aliphatic carbocycles. The highest BCUT2D eigenvalue weighted by molar-refractivity contribution is 5.32. The third kappa shape index (κ3) is 2.83. The standard InChI is InChI=1S/C14H22N2/c1-14(2,3)16-10-13-12-7-5-4-6-11(12)8-9-15-13/h4-7,13,15-16H,8-10H2,1-3H3. The maximum atomic E-state index is 3.59. The van der Waals surface area contributed by atoms with E-state index in [0.29, 0.717) is 6.04 Å². The fourth-order valence-corrected chi connectivity index (χ4v) is 2.18. The van der Waals surface area contributed by atoms with Crippen LogP contribution in [-0.2, 0) is 6.42 Å². The minimum Gasteiger partial charge on any atom is -0.310 e. The molecule has 0 radical (unpaired) electrons. The molecule has 16 heavy (non-hydrogen) atoms. The van der Waals surface area contributed by atoms with E-state index >= 15 is 0 Å². The maximum Gasteiger partial charge on any atom is 0.0449 e. The molecule has 0 bridgehead atoms. The Morgan fingerprint density at radius 1 is 1.31 bits per heavy atom. The van der Waals surface area contributed by atoms with Crippen molar-refractivity contribution in [2.45, 2.75) is 38.8 Å². The van der Waals surface area contributed by atoms with Gasteiger partial charge in [0.25, 0.3) is 0 Å². The summed E-state index contributed by atoms with van der Waals surface area (Å²) in [6.45, 7) is 8.72. The first kappa shape index (κ1) is 11.6. The molecule has 1 aliphatic rings. The topological polar surface area (TPSA) is 24.1 Å². The van der Waals surface area contributed by atoms with Gasteiger partial charge in [0.1, 0.15) is 0 Å². The van der Waals surface area contributed by atoms with Crippen molar-refractivity contribution in [1.82, 2.24) is 10.6 Å². The SMILES string of the molecule is CC(C)(C)NCC1NCCc2ccccc21. The van der Waals surface area contributed by atoms with E-state index < -0.39 is 0 Å². The van der Waals surface area contributed by atoms with E-state index in [1.807, 2.05) is 0 Å². The van der Waals surface area contributed by atoms with Gasteiger partial charge in [-0.2, -0.15) is 0 Å². The number of rotatable bonds is 2. The molecule has 1 atom stereocenters. The molecule has 1 aromatic rings. The predicted molar refractivity (Wildman–Crippen MR) is 68.6 cm³/mol. The van der Waals surface area contributed by atoms with Gasteiger partial charge in [0, 0.05) is 18.1 Å². The van der Waals surface area contributed by atoms with Crippen LogP contribution in [0.3, 0.4) is 0 Å². The first-order chi connectivity index (χ1) is 7.56. The van der Waals surface area contributed by atoms with Crippen LogP contribution in [0.4, 0.5) is 0 Å². The second-order valence-electron chi connectivity index (χ2n) is 5.59. The van der Waals surface area contributed by atoms with Gasteiger partial charge in [-0.25, -0.2) is 0 Å². The van der Waals surface area contributed by atoms with Crippen LogP contribution >= 0.6 is 0 Å². The highest BCUT2D eigenvalue weighted by Gasteiger charge is 2.20. The minimum absolute atomic E-state index is 0.189. The molecule has 88 valence electrons. The largest absolute Gasteiger partial charge is 0.310 e. The zero-order chi connectivity index (χ0) is 11.6. The summed E-state index contributed by atoms with van der Waals surface area (Å²) in [6.07, 6.45) is 1.15. The zero-order valence-electron chi connectivity index (χ0n) is 10.5. The Bertz CT molecular complexity index is 352. The van der Waals surface area contributed by atoms with Gasteiger partial charge in [0.2, 0.25) is 0 Å². The Morgan fingerprint density at radius 3 is 2.81 bits per heavy atom. The van der Waals surface area contributed by atoms with E-state index in [-0.39, 0.29) is 5.54 Å². The van der Waals surface area contributed by atoms with Crippen molar-refractivity contribution in [1.29, 1.82) is 0 Å². The van der Waals surface area contributed by atoms with Crippen LogP contribution in [-0.4, -0.2) is 18.6 Å². The summed E-state index contributed by atoms with van der Waals surface area (Å²) in [5, 5.41) is 7.16. The van der Waals surface area contributed by atoms with Crippen molar-refractivity contribution < 1.29 is 0 Å². The molecule has 0 aromatic heterocycles. The molecular formula is C14H22N2. The lowest BCUT2D eigenvalue weighted by Gasteiger charge is -2.30. The molecule has 0 amide bonds. The molecule has 0 saturated heterocycles. The summed E-state index contributed by atoms with van der Waals surface area (Å²) in [6, 6.07) is 9.23. The monoisotopic (exact) mass is 218 g/mol. The number of nitrogens with one attached hydrogen (secondary N) is 2. The summed E-state index contributed by atoms with van der Waals surface area (Å²) in [5.41, 5.74) is 3.15. The van der Waals surface area contributed by atoms with E-state index in [0.717, 1.165) is 19.5 Å². The lowest BCUT2D eigenvalue weighted by atomic mass is 9.94. The molecule has 2 nitrogen and oxygen atoms in total. The van der Waals surface area contributed by atoms with Gasteiger partial charge in [-0.1, -0.05) is 24.3 Å². The van der Waals surface area contributed by atoms with E-state index in [1.54, 1.807) is 0 Å². The summed E-state index contributed by atoms with van der Waals surface area (Å²) >= 11 is 0. The molecule has 1 unspecified atom stereocenters. The van der Waals surface area contributed by atoms with Crippen LogP contribution in [0, 0.1) is 0 Å². The predicted octanol–water partition coefficient (Wildman–Crippen LogP) is 2.26. The summed E-state index contributed by atoms with van der Waals surface area (Å²) < 4.78 is 0. The lowest BCUT2D eigenvalue weighted by Crippen LogP contribution is -2.43. The van der Waals surface area contributed by atoms with Gasteiger partial charge in [-0.15, -0.1) is 0 Å². The van der Waals surface area contributed by atoms with Crippen molar-refractivity contribution in [2.75, 3.05) is 13.1 Å². The van der Waals surface area contributed by atoms with E-state index in [1.165, 1.54) is 11.1 Å². The lowest BCUT2D eigenvalue weighted by molar-refractivity contribution is 0.375. The van der Waals surface area contributed by atoms with Crippen molar-refractivity contribution in [3.8, 4) is 0 Å². The minimum atomic E-state index is 0.189. The van der Waals surface area contributed by atoms with Gasteiger partial charge in [-0.3, -0.25) is 0 Å². The van der Waals surface area contributed by atoms with Crippen LogP contribution in [0.5, 0.6) is 0 Å². The number of benzene rings is 1. The first-order valence-corrected chi connectivity index (χ1v) is 6.12. The van der Waals surface area contributed by atoms with Crippen LogP contribution in [0.15, 0.2) is 24.3 Å². The van der Waals surface area contributed by atoms with Gasteiger partial charge >= 0.3 is 0 Å². The fraction of sp³-hybridized carbons (Fsp3) is 0.571. The second-order valence-corrected chi connectivity index (χ2v) is 5.59. The smallest absolute Gasteiger partial charge is 0.0449 e. The summed E-state index contributed by atoms with van der Waals surface area (Å²) in [5.74, 6) is 0. The highest BCUT2D eigenvalue weighted by atomic mass is 15.0. The van der Waals surface area contributed by atoms with Crippen molar-refractivity contribution in [2.24, 2.45) is 0 Å². The number of hydrogen-bond acceptors (Lipinski definition) is 2. The van der Waals surface area contributed by atoms with Crippen molar-refractivity contribution in [3.63, 3.8) is 0 Å². The van der Waals surface area contributed by atoms with Gasteiger partial charge in [-0.05, 0) is 44.9 Å². The molecule has 2 rings (SSSR count). The maximum absolute atomic E-state index is 3.59. The van der Waals surface area contributed by atoms with Gasteiger partial charge in [0.05, 0.1) is 0 Å². The normalized spacial score (nSPS) is 20.6. The van der Waals surface area contributed by atoms with E-state index in [9.17, 15) is 0 Å². The Hall–Kier alpha value is -0.860. The second kappa shape index (κ2) is 4.56. The molecule has 1 aromatic carbocycles. The van der Waals surface area contributed by atoms with Crippen LogP contribution in [0.25, 0.3) is 0 Å². The van der Waals surface area contributed by atoms with E-state index in [2.05, 4.69) is 55.7 Å². The molecule has 1 aliphatic heterocycles. The Kier molecular flexibility index (Phi) is 3.31. The molecule has 2 N–H and O–H groups in total. The van der Waals surface area contributed by atoms with Gasteiger partial charge < -0.3 is 10.6 Å². The third-order valence-corrected chi connectivity index (χ3v) is 3.05. The molecule has 0 saturated carbocycles. The highest BCUT2D eigenvalue weighted by Crippen LogP contribution is 2.22. The zero-order valence-corrected chi connectivity index (χ0v) is 10.5. The molecular weight excluding hydrogens is 196 g/mol. The fourth-order valence-electron chi connectivity index (χ4n) is 2.18. The van der Waals surface area contributed by atoms with Crippen LogP contribution in [0.2, 0.25) is 0 Å². The number of fused-ring (bicyclic) bond motifs is 1. The van der Waals surface area contributed by atoms with Gasteiger partial charge in [0.15, 0.2) is 0 Å². The Balaban J connectivity index is 2.07. The van der Waals surface area contributed by atoms with Crippen LogP contribution in [0.1, 0.15) is 37.9 Å².